The number of aromatic amines is 2. The van der Waals surface area contributed by atoms with Crippen molar-refractivity contribution in [3.63, 3.8) is 0 Å². The quantitative estimate of drug-likeness (QED) is 0.715. The number of aryl methyl sites for hydroxylation is 1. The summed E-state index contributed by atoms with van der Waals surface area (Å²) in [5, 5.41) is 7.74. The van der Waals surface area contributed by atoms with Gasteiger partial charge in [-0.3, -0.25) is 14.7 Å². The van der Waals surface area contributed by atoms with Crippen molar-refractivity contribution in [1.82, 2.24) is 25.0 Å². The maximum Gasteiger partial charge on any atom is 0.245 e. The molecule has 1 aliphatic carbocycles. The van der Waals surface area contributed by atoms with Crippen LogP contribution in [0, 0.1) is 12.3 Å². The third kappa shape index (κ3) is 4.97. The Labute approximate surface area is 191 Å². The number of rotatable bonds is 6. The largest absolute Gasteiger partial charge is 0.356 e. The average Bonchev–Trinajstić information content (AvgIpc) is 3.31. The Morgan fingerprint density at radius 3 is 2.59 bits per heavy atom. The normalized spacial score (nSPS) is 16.6. The van der Waals surface area contributed by atoms with Gasteiger partial charge >= 0.3 is 0 Å². The highest BCUT2D eigenvalue weighted by molar-refractivity contribution is 5.87. The van der Waals surface area contributed by atoms with E-state index in [0.717, 1.165) is 41.2 Å². The molecule has 1 aliphatic rings. The first kappa shape index (κ1) is 23.8. The van der Waals surface area contributed by atoms with E-state index >= 15 is 0 Å². The molecule has 32 heavy (non-hydrogen) atoms. The molecule has 2 aromatic rings. The maximum atomic E-state index is 12.9. The van der Waals surface area contributed by atoms with Gasteiger partial charge in [0, 0.05) is 44.4 Å². The van der Waals surface area contributed by atoms with E-state index < -0.39 is 6.04 Å². The summed E-state index contributed by atoms with van der Waals surface area (Å²) in [6.07, 6.45) is 6.89. The number of aromatic nitrogens is 3. The van der Waals surface area contributed by atoms with Gasteiger partial charge in [0.15, 0.2) is 0 Å². The molecule has 0 aromatic carbocycles. The molecule has 2 aromatic heterocycles. The zero-order valence-electron chi connectivity index (χ0n) is 20.7. The minimum atomic E-state index is -0.496. The van der Waals surface area contributed by atoms with Crippen LogP contribution in [0.2, 0.25) is 0 Å². The zero-order chi connectivity index (χ0) is 23.8. The Morgan fingerprint density at radius 2 is 1.97 bits per heavy atom. The van der Waals surface area contributed by atoms with Crippen molar-refractivity contribution < 1.29 is 9.59 Å². The van der Waals surface area contributed by atoms with Crippen LogP contribution in [-0.2, 0) is 22.4 Å². The van der Waals surface area contributed by atoms with E-state index in [-0.39, 0.29) is 23.3 Å². The summed E-state index contributed by atoms with van der Waals surface area (Å²) in [6.45, 7) is 12.1. The molecular weight excluding hydrogens is 402 g/mol. The standard InChI is InChI=1S/C25H37N5O2/c1-15-20(11-12-25(4,5)6)23(28-27-15)22-13-18-9-10-19(14-21(18)26-22)30(8)24(32)16(2)29(7)17(3)31/h9-10,13,16,19,26H,11-12,14H2,1-8H3,(H,27,28)/t16-,19?/m0/s1. The lowest BCUT2D eigenvalue weighted by Gasteiger charge is -2.32. The van der Waals surface area contributed by atoms with Crippen LogP contribution >= 0.6 is 0 Å². The smallest absolute Gasteiger partial charge is 0.245 e. The second-order valence-electron chi connectivity index (χ2n) is 10.2. The van der Waals surface area contributed by atoms with Crippen molar-refractivity contribution in [2.24, 2.45) is 5.41 Å². The van der Waals surface area contributed by atoms with Crippen molar-refractivity contribution in [3.05, 3.63) is 34.7 Å². The molecule has 2 N–H and O–H groups in total. The molecule has 7 nitrogen and oxygen atoms in total. The molecule has 0 bridgehead atoms. The van der Waals surface area contributed by atoms with Gasteiger partial charge in [-0.25, -0.2) is 0 Å². The van der Waals surface area contributed by atoms with Crippen molar-refractivity contribution in [2.75, 3.05) is 14.1 Å². The van der Waals surface area contributed by atoms with Crippen LogP contribution in [0.25, 0.3) is 17.5 Å². The van der Waals surface area contributed by atoms with Gasteiger partial charge in [0.05, 0.1) is 11.7 Å². The molecule has 0 fully saturated rings. The van der Waals surface area contributed by atoms with Gasteiger partial charge in [-0.1, -0.05) is 32.9 Å². The lowest BCUT2D eigenvalue weighted by Crippen LogP contribution is -2.49. The fourth-order valence-corrected chi connectivity index (χ4v) is 4.09. The lowest BCUT2D eigenvalue weighted by atomic mass is 9.88. The number of H-pyrrole nitrogens is 2. The number of hydrogen-bond acceptors (Lipinski definition) is 3. The molecule has 2 heterocycles. The second kappa shape index (κ2) is 8.96. The van der Waals surface area contributed by atoms with Gasteiger partial charge in [-0.15, -0.1) is 0 Å². The van der Waals surface area contributed by atoms with Crippen LogP contribution in [0.1, 0.15) is 63.6 Å². The van der Waals surface area contributed by atoms with Gasteiger partial charge in [0.1, 0.15) is 11.7 Å². The minimum absolute atomic E-state index is 0.0643. The predicted molar refractivity (Wildman–Crippen MR) is 128 cm³/mol. The predicted octanol–water partition coefficient (Wildman–Crippen LogP) is 3.96. The first-order valence-electron chi connectivity index (χ1n) is 11.3. The summed E-state index contributed by atoms with van der Waals surface area (Å²) in [6, 6.07) is 1.58. The fraction of sp³-hybridized carbons (Fsp3) is 0.560. The Balaban J connectivity index is 1.78. The Bertz CT molecular complexity index is 1020. The number of amides is 2. The minimum Gasteiger partial charge on any atom is -0.356 e. The van der Waals surface area contributed by atoms with Crippen LogP contribution in [0.5, 0.6) is 0 Å². The van der Waals surface area contributed by atoms with E-state index in [0.29, 0.717) is 6.42 Å². The van der Waals surface area contributed by atoms with Gasteiger partial charge < -0.3 is 14.8 Å². The number of hydrogen-bond donors (Lipinski definition) is 2. The van der Waals surface area contributed by atoms with Crippen LogP contribution in [0.15, 0.2) is 12.1 Å². The summed E-state index contributed by atoms with van der Waals surface area (Å²) in [4.78, 5) is 31.3. The topological polar surface area (TPSA) is 85.1 Å². The number of nitrogens with zero attached hydrogens (tertiary/aromatic N) is 3. The Kier molecular flexibility index (Phi) is 6.67. The Morgan fingerprint density at radius 1 is 1.28 bits per heavy atom. The van der Waals surface area contributed by atoms with Gasteiger partial charge in [-0.2, -0.15) is 5.10 Å². The van der Waals surface area contributed by atoms with Gasteiger partial charge in [-0.05, 0) is 43.7 Å². The van der Waals surface area contributed by atoms with Crippen molar-refractivity contribution in [3.8, 4) is 11.4 Å². The van der Waals surface area contributed by atoms with E-state index in [9.17, 15) is 9.59 Å². The molecule has 7 heteroatoms. The Hall–Kier alpha value is -2.83. The number of carbonyl (C=O) groups excluding carboxylic acids is 2. The lowest BCUT2D eigenvalue weighted by molar-refractivity contribution is -0.142. The maximum absolute atomic E-state index is 12.9. The van der Waals surface area contributed by atoms with Crippen LogP contribution in [-0.4, -0.2) is 63.0 Å². The van der Waals surface area contributed by atoms with Crippen molar-refractivity contribution in [2.45, 2.75) is 72.9 Å². The summed E-state index contributed by atoms with van der Waals surface area (Å²) in [5.41, 5.74) is 6.85. The average molecular weight is 440 g/mol. The second-order valence-corrected chi connectivity index (χ2v) is 10.2. The van der Waals surface area contributed by atoms with E-state index in [1.54, 1.807) is 25.9 Å². The number of carbonyl (C=O) groups is 2. The van der Waals surface area contributed by atoms with Crippen LogP contribution in [0.4, 0.5) is 0 Å². The van der Waals surface area contributed by atoms with E-state index in [1.165, 1.54) is 17.4 Å². The summed E-state index contributed by atoms with van der Waals surface area (Å²) >= 11 is 0. The van der Waals surface area contributed by atoms with Crippen LogP contribution in [0.3, 0.4) is 0 Å². The third-order valence-electron chi connectivity index (χ3n) is 6.58. The SMILES string of the molecule is CC(=O)N(C)[C@@H](C)C(=O)N(C)C1C=Cc2cc(-c3n[nH]c(C)c3CCC(C)(C)C)[nH]c2C1. The van der Waals surface area contributed by atoms with Gasteiger partial charge in [0.25, 0.3) is 0 Å². The summed E-state index contributed by atoms with van der Waals surface area (Å²) in [7, 11) is 3.46. The van der Waals surface area contributed by atoms with Crippen LogP contribution < -0.4 is 0 Å². The fourth-order valence-electron chi connectivity index (χ4n) is 4.09. The summed E-state index contributed by atoms with van der Waals surface area (Å²) in [5.74, 6) is -0.189. The van der Waals surface area contributed by atoms with E-state index in [4.69, 9.17) is 0 Å². The molecule has 2 amide bonds. The number of fused-ring (bicyclic) bond motifs is 1. The zero-order valence-corrected chi connectivity index (χ0v) is 20.7. The van der Waals surface area contributed by atoms with Gasteiger partial charge in [0.2, 0.25) is 11.8 Å². The molecule has 3 rings (SSSR count). The highest BCUT2D eigenvalue weighted by Gasteiger charge is 2.29. The number of likely N-dealkylation sites (N-methyl/N-ethyl adjacent to an activating group) is 2. The third-order valence-corrected chi connectivity index (χ3v) is 6.58. The van der Waals surface area contributed by atoms with Crippen molar-refractivity contribution in [1.29, 1.82) is 0 Å². The molecule has 0 spiro atoms. The molecule has 2 atom stereocenters. The molecule has 0 aliphatic heterocycles. The molecular formula is C25H37N5O2. The molecule has 174 valence electrons. The molecule has 0 radical (unpaired) electrons. The van der Waals surface area contributed by atoms with E-state index in [2.05, 4.69) is 61.1 Å². The highest BCUT2D eigenvalue weighted by Crippen LogP contribution is 2.32. The number of nitrogens with one attached hydrogen (secondary N) is 2. The van der Waals surface area contributed by atoms with Crippen molar-refractivity contribution >= 4 is 17.9 Å². The van der Waals surface area contributed by atoms with E-state index in [1.807, 2.05) is 0 Å². The highest BCUT2D eigenvalue weighted by atomic mass is 16.2. The first-order chi connectivity index (χ1) is 14.9. The first-order valence-corrected chi connectivity index (χ1v) is 11.3. The monoisotopic (exact) mass is 439 g/mol. The molecule has 0 saturated heterocycles. The summed E-state index contributed by atoms with van der Waals surface area (Å²) < 4.78 is 0. The molecule has 1 unspecified atom stereocenters. The molecule has 0 saturated carbocycles.